The van der Waals surface area contributed by atoms with Crippen LogP contribution in [0, 0.1) is 5.41 Å². The topological polar surface area (TPSA) is 79.3 Å². The number of benzene rings is 1. The number of rotatable bonds is 2. The Bertz CT molecular complexity index is 954. The van der Waals surface area contributed by atoms with Crippen LogP contribution in [0.2, 0.25) is 0 Å². The van der Waals surface area contributed by atoms with Crippen LogP contribution >= 0.6 is 0 Å². The minimum atomic E-state index is -0.353. The van der Waals surface area contributed by atoms with E-state index >= 15 is 0 Å². The number of nitrogens with zero attached hydrogens (tertiary/aromatic N) is 3. The van der Waals surface area contributed by atoms with Crippen molar-refractivity contribution in [3.63, 3.8) is 0 Å². The van der Waals surface area contributed by atoms with Gasteiger partial charge in [-0.15, -0.1) is 0 Å². The van der Waals surface area contributed by atoms with Gasteiger partial charge in [-0.05, 0) is 56.8 Å². The second-order valence-electron chi connectivity index (χ2n) is 9.02. The third-order valence-electron chi connectivity index (χ3n) is 7.02. The minimum Gasteiger partial charge on any atom is -0.371 e. The average Bonchev–Trinajstić information content (AvgIpc) is 3.04. The molecule has 3 aliphatic heterocycles. The number of hydrogen-bond acceptors (Lipinski definition) is 5. The molecule has 5 rings (SSSR count). The summed E-state index contributed by atoms with van der Waals surface area (Å²) in [5, 5.41) is 11.7. The Morgan fingerprint density at radius 1 is 1.21 bits per heavy atom. The zero-order chi connectivity index (χ0) is 20.0. The van der Waals surface area contributed by atoms with Crippen molar-refractivity contribution >= 4 is 28.4 Å². The summed E-state index contributed by atoms with van der Waals surface area (Å²) < 4.78 is 1.87. The number of piperidine rings is 3. The van der Waals surface area contributed by atoms with Gasteiger partial charge < -0.3 is 10.2 Å². The monoisotopic (exact) mass is 395 g/mol. The number of aryl methyl sites for hydroxylation is 1. The Morgan fingerprint density at radius 2 is 2.07 bits per heavy atom. The highest BCUT2D eigenvalue weighted by Crippen LogP contribution is 2.39. The molecule has 1 aromatic carbocycles. The standard InChI is InChI=1S/C22H29N5O2/c1-26-18-12-15(27-11-3-9-22(14-27)8-2-10-23-13-22)4-5-16(18)20(25-26)17-6-7-19(28)24-21(17)29/h4-5,12,17,23H,2-3,6-11,13-14H2,1H3,(H,24,28,29). The molecule has 2 aromatic rings. The minimum absolute atomic E-state index is 0.190. The van der Waals surface area contributed by atoms with Crippen LogP contribution in [0.5, 0.6) is 0 Å². The van der Waals surface area contributed by atoms with E-state index in [9.17, 15) is 9.59 Å². The Hall–Kier alpha value is -2.41. The molecule has 3 aliphatic rings. The van der Waals surface area contributed by atoms with E-state index < -0.39 is 0 Å². The molecule has 7 heteroatoms. The second-order valence-corrected chi connectivity index (χ2v) is 9.02. The van der Waals surface area contributed by atoms with E-state index in [0.717, 1.165) is 42.8 Å². The second kappa shape index (κ2) is 7.13. The SMILES string of the molecule is Cn1nc(C2CCC(=O)NC2=O)c2ccc(N3CCCC4(CCCNC4)C3)cc21. The van der Waals surface area contributed by atoms with Crippen LogP contribution < -0.4 is 15.5 Å². The van der Waals surface area contributed by atoms with Gasteiger partial charge in [0.1, 0.15) is 0 Å². The van der Waals surface area contributed by atoms with E-state index in [1.54, 1.807) is 0 Å². The molecule has 1 aromatic heterocycles. The number of carbonyl (C=O) groups excluding carboxylic acids is 2. The molecule has 0 aliphatic carbocycles. The average molecular weight is 396 g/mol. The van der Waals surface area contributed by atoms with Gasteiger partial charge in [0.15, 0.2) is 0 Å². The smallest absolute Gasteiger partial charge is 0.235 e. The molecule has 0 bridgehead atoms. The maximum Gasteiger partial charge on any atom is 0.235 e. The molecule has 2 atom stereocenters. The number of amides is 2. The van der Waals surface area contributed by atoms with Crippen LogP contribution in [0.1, 0.15) is 50.1 Å². The first-order chi connectivity index (χ1) is 14.0. The lowest BCUT2D eigenvalue weighted by atomic mass is 9.74. The van der Waals surface area contributed by atoms with Crippen LogP contribution in [0.4, 0.5) is 5.69 Å². The largest absolute Gasteiger partial charge is 0.371 e. The first kappa shape index (κ1) is 18.6. The number of aromatic nitrogens is 2. The molecular formula is C22H29N5O2. The summed E-state index contributed by atoms with van der Waals surface area (Å²) in [6.07, 6.45) is 6.02. The molecule has 2 N–H and O–H groups in total. The number of nitrogens with one attached hydrogen (secondary N) is 2. The highest BCUT2D eigenvalue weighted by Gasteiger charge is 2.37. The fourth-order valence-corrected chi connectivity index (χ4v) is 5.49. The molecule has 29 heavy (non-hydrogen) atoms. The Morgan fingerprint density at radius 3 is 2.86 bits per heavy atom. The van der Waals surface area contributed by atoms with Crippen molar-refractivity contribution in [3.8, 4) is 0 Å². The van der Waals surface area contributed by atoms with E-state index in [1.165, 1.54) is 31.4 Å². The molecular weight excluding hydrogens is 366 g/mol. The number of carbonyl (C=O) groups is 2. The normalized spacial score (nSPS) is 28.2. The highest BCUT2D eigenvalue weighted by atomic mass is 16.2. The van der Waals surface area contributed by atoms with Crippen molar-refractivity contribution in [1.29, 1.82) is 0 Å². The number of hydrogen-bond donors (Lipinski definition) is 2. The Balaban J connectivity index is 1.44. The summed E-state index contributed by atoms with van der Waals surface area (Å²) in [6.45, 7) is 4.46. The van der Waals surface area contributed by atoms with E-state index in [1.807, 2.05) is 11.7 Å². The Labute approximate surface area is 170 Å². The van der Waals surface area contributed by atoms with Gasteiger partial charge >= 0.3 is 0 Å². The number of imide groups is 1. The maximum atomic E-state index is 12.3. The molecule has 154 valence electrons. The van der Waals surface area contributed by atoms with Crippen LogP contribution in [0.3, 0.4) is 0 Å². The van der Waals surface area contributed by atoms with Crippen LogP contribution in [0.15, 0.2) is 18.2 Å². The fraction of sp³-hybridized carbons (Fsp3) is 0.591. The lowest BCUT2D eigenvalue weighted by molar-refractivity contribution is -0.134. The molecule has 2 unspecified atom stereocenters. The molecule has 1 spiro atoms. The van der Waals surface area contributed by atoms with Crippen LogP contribution in [0.25, 0.3) is 10.9 Å². The highest BCUT2D eigenvalue weighted by molar-refractivity contribution is 6.02. The first-order valence-corrected chi connectivity index (χ1v) is 10.8. The predicted molar refractivity (Wildman–Crippen MR) is 112 cm³/mol. The quantitative estimate of drug-likeness (QED) is 0.761. The van der Waals surface area contributed by atoms with E-state index in [4.69, 9.17) is 0 Å². The summed E-state index contributed by atoms with van der Waals surface area (Å²) in [6, 6.07) is 6.50. The molecule has 4 heterocycles. The van der Waals surface area contributed by atoms with Gasteiger partial charge in [0.25, 0.3) is 0 Å². The van der Waals surface area contributed by atoms with Crippen molar-refractivity contribution in [3.05, 3.63) is 23.9 Å². The molecule has 0 saturated carbocycles. The summed E-state index contributed by atoms with van der Waals surface area (Å²) >= 11 is 0. The van der Waals surface area contributed by atoms with Gasteiger partial charge in [-0.3, -0.25) is 19.6 Å². The van der Waals surface area contributed by atoms with Crippen LogP contribution in [-0.4, -0.2) is 47.8 Å². The van der Waals surface area contributed by atoms with Crippen LogP contribution in [-0.2, 0) is 16.6 Å². The molecule has 7 nitrogen and oxygen atoms in total. The number of fused-ring (bicyclic) bond motifs is 1. The third-order valence-corrected chi connectivity index (χ3v) is 7.02. The van der Waals surface area contributed by atoms with Crippen molar-refractivity contribution in [2.75, 3.05) is 31.1 Å². The summed E-state index contributed by atoms with van der Waals surface area (Å²) in [5.74, 6) is -0.771. The summed E-state index contributed by atoms with van der Waals surface area (Å²) in [5.41, 5.74) is 3.46. The van der Waals surface area contributed by atoms with Gasteiger partial charge in [0.2, 0.25) is 11.8 Å². The zero-order valence-electron chi connectivity index (χ0n) is 17.0. The van der Waals surface area contributed by atoms with Crippen molar-refractivity contribution in [2.45, 2.75) is 44.4 Å². The van der Waals surface area contributed by atoms with Gasteiger partial charge in [0.05, 0.1) is 17.1 Å². The number of anilines is 1. The first-order valence-electron chi connectivity index (χ1n) is 10.8. The summed E-state index contributed by atoms with van der Waals surface area (Å²) in [4.78, 5) is 26.4. The maximum absolute atomic E-state index is 12.3. The summed E-state index contributed by atoms with van der Waals surface area (Å²) in [7, 11) is 1.93. The molecule has 3 saturated heterocycles. The van der Waals surface area contributed by atoms with E-state index in [2.05, 4.69) is 38.8 Å². The van der Waals surface area contributed by atoms with E-state index in [0.29, 0.717) is 18.3 Å². The third kappa shape index (κ3) is 3.31. The molecule has 3 fully saturated rings. The predicted octanol–water partition coefficient (Wildman–Crippen LogP) is 2.06. The van der Waals surface area contributed by atoms with Crippen molar-refractivity contribution < 1.29 is 9.59 Å². The Kier molecular flexibility index (Phi) is 4.57. The van der Waals surface area contributed by atoms with E-state index in [-0.39, 0.29) is 17.7 Å². The lowest BCUT2D eigenvalue weighted by Crippen LogP contribution is -2.51. The van der Waals surface area contributed by atoms with Crippen molar-refractivity contribution in [1.82, 2.24) is 20.4 Å². The lowest BCUT2D eigenvalue weighted by Gasteiger charge is -2.46. The van der Waals surface area contributed by atoms with Gasteiger partial charge in [0, 0.05) is 49.6 Å². The molecule has 2 amide bonds. The van der Waals surface area contributed by atoms with Gasteiger partial charge in [-0.1, -0.05) is 0 Å². The van der Waals surface area contributed by atoms with Gasteiger partial charge in [-0.25, -0.2) is 0 Å². The zero-order valence-corrected chi connectivity index (χ0v) is 17.0. The fourth-order valence-electron chi connectivity index (χ4n) is 5.49. The van der Waals surface area contributed by atoms with Crippen molar-refractivity contribution in [2.24, 2.45) is 12.5 Å². The van der Waals surface area contributed by atoms with Gasteiger partial charge in [-0.2, -0.15) is 5.10 Å². The molecule has 0 radical (unpaired) electrons.